The zero-order valence-electron chi connectivity index (χ0n) is 10.8. The molecule has 0 atom stereocenters. The number of aryl methyl sites for hydroxylation is 1. The molecule has 18 heavy (non-hydrogen) atoms. The van der Waals surface area contributed by atoms with Gasteiger partial charge in [-0.05, 0) is 60.6 Å². The van der Waals surface area contributed by atoms with Gasteiger partial charge in [-0.25, -0.2) is 0 Å². The highest BCUT2D eigenvalue weighted by Gasteiger charge is 2.12. The van der Waals surface area contributed by atoms with Crippen LogP contribution in [0.2, 0.25) is 5.02 Å². The van der Waals surface area contributed by atoms with Gasteiger partial charge >= 0.3 is 0 Å². The maximum Gasteiger partial charge on any atom is 0.0860 e. The van der Waals surface area contributed by atoms with E-state index in [9.17, 15) is 0 Å². The molecule has 0 unspecified atom stereocenters. The van der Waals surface area contributed by atoms with Gasteiger partial charge < -0.3 is 5.32 Å². The van der Waals surface area contributed by atoms with E-state index in [0.717, 1.165) is 38.2 Å². The standard InChI is InChI=1S/C14H16ClIN2/c1-4-5-17-13-8(2)9(3)18-14-11(13)6-10(15)7-12(14)16/h6-7H,4-5H2,1-3H3,(H,17,18). The monoisotopic (exact) mass is 374 g/mol. The molecule has 1 aromatic carbocycles. The number of aromatic nitrogens is 1. The van der Waals surface area contributed by atoms with Crippen LogP contribution in [0.5, 0.6) is 0 Å². The van der Waals surface area contributed by atoms with E-state index in [0.29, 0.717) is 0 Å². The Balaban J connectivity index is 2.74. The molecule has 0 saturated carbocycles. The molecule has 0 aliphatic rings. The summed E-state index contributed by atoms with van der Waals surface area (Å²) in [6.07, 6.45) is 1.10. The van der Waals surface area contributed by atoms with E-state index in [1.165, 1.54) is 11.3 Å². The number of hydrogen-bond donors (Lipinski definition) is 1. The first-order chi connectivity index (χ1) is 8.54. The Labute approximate surface area is 126 Å². The number of rotatable bonds is 3. The third kappa shape index (κ3) is 2.57. The molecule has 0 amide bonds. The molecule has 0 spiro atoms. The third-order valence-electron chi connectivity index (χ3n) is 3.05. The lowest BCUT2D eigenvalue weighted by Gasteiger charge is -2.15. The number of nitrogens with one attached hydrogen (secondary N) is 1. The molecule has 96 valence electrons. The zero-order valence-corrected chi connectivity index (χ0v) is 13.7. The van der Waals surface area contributed by atoms with Crippen LogP contribution in [0.15, 0.2) is 12.1 Å². The molecule has 1 N–H and O–H groups in total. The van der Waals surface area contributed by atoms with Crippen molar-refractivity contribution in [2.75, 3.05) is 11.9 Å². The van der Waals surface area contributed by atoms with Crippen molar-refractivity contribution in [1.29, 1.82) is 0 Å². The summed E-state index contributed by atoms with van der Waals surface area (Å²) >= 11 is 8.45. The molecular formula is C14H16ClIN2. The van der Waals surface area contributed by atoms with Crippen LogP contribution >= 0.6 is 34.2 Å². The highest BCUT2D eigenvalue weighted by atomic mass is 127. The summed E-state index contributed by atoms with van der Waals surface area (Å²) in [6.45, 7) is 7.28. The van der Waals surface area contributed by atoms with Crippen LogP contribution in [0.3, 0.4) is 0 Å². The number of hydrogen-bond acceptors (Lipinski definition) is 2. The van der Waals surface area contributed by atoms with E-state index in [-0.39, 0.29) is 0 Å². The normalized spacial score (nSPS) is 10.9. The summed E-state index contributed by atoms with van der Waals surface area (Å²) in [5, 5.41) is 5.37. The van der Waals surface area contributed by atoms with Gasteiger partial charge in [0.2, 0.25) is 0 Å². The van der Waals surface area contributed by atoms with Crippen LogP contribution in [-0.2, 0) is 0 Å². The van der Waals surface area contributed by atoms with E-state index in [2.05, 4.69) is 53.7 Å². The third-order valence-corrected chi connectivity index (χ3v) is 4.09. The Morgan fingerprint density at radius 3 is 2.72 bits per heavy atom. The van der Waals surface area contributed by atoms with E-state index >= 15 is 0 Å². The fourth-order valence-corrected chi connectivity index (χ4v) is 3.13. The molecule has 4 heteroatoms. The van der Waals surface area contributed by atoms with E-state index < -0.39 is 0 Å². The Bertz CT molecular complexity index is 596. The van der Waals surface area contributed by atoms with Gasteiger partial charge in [0, 0.05) is 31.9 Å². The molecule has 0 aliphatic carbocycles. The first kappa shape index (κ1) is 13.9. The highest BCUT2D eigenvalue weighted by Crippen LogP contribution is 2.32. The topological polar surface area (TPSA) is 24.9 Å². The molecule has 1 heterocycles. The predicted molar refractivity (Wildman–Crippen MR) is 87.7 cm³/mol. The minimum atomic E-state index is 0.761. The summed E-state index contributed by atoms with van der Waals surface area (Å²) < 4.78 is 1.10. The second-order valence-corrected chi connectivity index (χ2v) is 6.01. The lowest BCUT2D eigenvalue weighted by molar-refractivity contribution is 0.977. The molecular weight excluding hydrogens is 359 g/mol. The lowest BCUT2D eigenvalue weighted by atomic mass is 10.1. The second kappa shape index (κ2) is 5.61. The van der Waals surface area contributed by atoms with Gasteiger partial charge in [0.15, 0.2) is 0 Å². The molecule has 2 nitrogen and oxygen atoms in total. The van der Waals surface area contributed by atoms with Gasteiger partial charge in [-0.15, -0.1) is 0 Å². The largest absolute Gasteiger partial charge is 0.384 e. The van der Waals surface area contributed by atoms with E-state index in [4.69, 9.17) is 11.6 Å². The van der Waals surface area contributed by atoms with Gasteiger partial charge in [0.25, 0.3) is 0 Å². The fourth-order valence-electron chi connectivity index (χ4n) is 1.98. The molecule has 0 aliphatic heterocycles. The summed E-state index contributed by atoms with van der Waals surface area (Å²) in [7, 11) is 0. The van der Waals surface area contributed by atoms with Crippen LogP contribution in [0.25, 0.3) is 10.9 Å². The number of anilines is 1. The molecule has 2 aromatic rings. The molecule has 0 radical (unpaired) electrons. The van der Waals surface area contributed by atoms with Crippen molar-refractivity contribution < 1.29 is 0 Å². The number of pyridine rings is 1. The van der Waals surface area contributed by atoms with Crippen LogP contribution in [0, 0.1) is 17.4 Å². The van der Waals surface area contributed by atoms with Gasteiger partial charge in [-0.3, -0.25) is 4.98 Å². The van der Waals surface area contributed by atoms with Gasteiger partial charge in [0.05, 0.1) is 5.52 Å². The van der Waals surface area contributed by atoms with Crippen molar-refractivity contribution in [3.8, 4) is 0 Å². The van der Waals surface area contributed by atoms with Gasteiger partial charge in [-0.2, -0.15) is 0 Å². The smallest absolute Gasteiger partial charge is 0.0860 e. The minimum absolute atomic E-state index is 0.761. The van der Waals surface area contributed by atoms with Crippen LogP contribution in [0.1, 0.15) is 24.6 Å². The van der Waals surface area contributed by atoms with E-state index in [1.807, 2.05) is 12.1 Å². The maximum absolute atomic E-state index is 6.16. The second-order valence-electron chi connectivity index (χ2n) is 4.41. The van der Waals surface area contributed by atoms with Gasteiger partial charge in [0.1, 0.15) is 0 Å². The molecule has 1 aromatic heterocycles. The van der Waals surface area contributed by atoms with Crippen LogP contribution in [-0.4, -0.2) is 11.5 Å². The van der Waals surface area contributed by atoms with Crippen molar-refractivity contribution >= 4 is 50.8 Å². The Morgan fingerprint density at radius 1 is 1.33 bits per heavy atom. The summed E-state index contributed by atoms with van der Waals surface area (Å²) in [6, 6.07) is 3.95. The Kier molecular flexibility index (Phi) is 4.33. The van der Waals surface area contributed by atoms with Crippen molar-refractivity contribution in [3.05, 3.63) is 32.0 Å². The Hall–Kier alpha value is -0.550. The predicted octanol–water partition coefficient (Wildman–Crippen LogP) is 4.93. The zero-order chi connectivity index (χ0) is 13.3. The first-order valence-electron chi connectivity index (χ1n) is 6.04. The van der Waals surface area contributed by atoms with Crippen molar-refractivity contribution in [3.63, 3.8) is 0 Å². The minimum Gasteiger partial charge on any atom is -0.384 e. The maximum atomic E-state index is 6.16. The number of halogens is 2. The average Bonchev–Trinajstić information content (AvgIpc) is 2.31. The molecule has 2 rings (SSSR count). The number of nitrogens with zero attached hydrogens (tertiary/aromatic N) is 1. The fraction of sp³-hybridized carbons (Fsp3) is 0.357. The van der Waals surface area contributed by atoms with Crippen molar-refractivity contribution in [1.82, 2.24) is 4.98 Å². The van der Waals surface area contributed by atoms with Gasteiger partial charge in [-0.1, -0.05) is 18.5 Å². The first-order valence-corrected chi connectivity index (χ1v) is 7.50. The van der Waals surface area contributed by atoms with Crippen molar-refractivity contribution in [2.45, 2.75) is 27.2 Å². The Morgan fingerprint density at radius 2 is 2.06 bits per heavy atom. The van der Waals surface area contributed by atoms with Crippen LogP contribution < -0.4 is 5.32 Å². The SMILES string of the molecule is CCCNc1c(C)c(C)nc2c(I)cc(Cl)cc12. The van der Waals surface area contributed by atoms with E-state index in [1.54, 1.807) is 0 Å². The molecule has 0 bridgehead atoms. The molecule has 0 saturated heterocycles. The number of fused-ring (bicyclic) bond motifs is 1. The molecule has 0 fully saturated rings. The summed E-state index contributed by atoms with van der Waals surface area (Å²) in [5.41, 5.74) is 4.47. The number of benzene rings is 1. The summed E-state index contributed by atoms with van der Waals surface area (Å²) in [5.74, 6) is 0. The highest BCUT2D eigenvalue weighted by molar-refractivity contribution is 14.1. The summed E-state index contributed by atoms with van der Waals surface area (Å²) in [4.78, 5) is 4.68. The van der Waals surface area contributed by atoms with Crippen molar-refractivity contribution in [2.24, 2.45) is 0 Å². The quantitative estimate of drug-likeness (QED) is 0.770. The average molecular weight is 375 g/mol. The van der Waals surface area contributed by atoms with Crippen LogP contribution in [0.4, 0.5) is 5.69 Å². The lowest BCUT2D eigenvalue weighted by Crippen LogP contribution is -2.05.